The van der Waals surface area contributed by atoms with E-state index in [-0.39, 0.29) is 11.9 Å². The molecule has 3 rings (SSSR count). The molecule has 1 aromatic heterocycles. The number of nitrogens with one attached hydrogen (secondary N) is 2. The predicted octanol–water partition coefficient (Wildman–Crippen LogP) is 2.92. The van der Waals surface area contributed by atoms with Crippen LogP contribution < -0.4 is 10.1 Å². The van der Waals surface area contributed by atoms with Crippen LogP contribution in [0.25, 0.3) is 11.0 Å². The van der Waals surface area contributed by atoms with Crippen molar-refractivity contribution >= 4 is 16.9 Å². The molecule has 0 aliphatic heterocycles. The number of hydrogen-bond acceptors (Lipinski definition) is 4. The van der Waals surface area contributed by atoms with E-state index in [4.69, 9.17) is 4.74 Å². The van der Waals surface area contributed by atoms with Crippen molar-refractivity contribution in [2.75, 3.05) is 27.7 Å². The third-order valence-corrected chi connectivity index (χ3v) is 4.62. The average Bonchev–Trinajstić information content (AvgIpc) is 3.09. The summed E-state index contributed by atoms with van der Waals surface area (Å²) in [6.07, 6.45) is 0.990. The van der Waals surface area contributed by atoms with Crippen LogP contribution in [0.15, 0.2) is 48.5 Å². The minimum atomic E-state index is 0.0187. The Morgan fingerprint density at radius 1 is 1.22 bits per heavy atom. The van der Waals surface area contributed by atoms with E-state index < -0.39 is 0 Å². The van der Waals surface area contributed by atoms with Crippen molar-refractivity contribution in [3.05, 3.63) is 59.9 Å². The van der Waals surface area contributed by atoms with Crippen molar-refractivity contribution in [3.8, 4) is 5.75 Å². The number of imidazole rings is 1. The van der Waals surface area contributed by atoms with E-state index in [2.05, 4.69) is 20.2 Å². The molecule has 0 aliphatic rings. The van der Waals surface area contributed by atoms with Crippen LogP contribution in [-0.2, 0) is 11.2 Å². The number of amides is 1. The number of nitrogens with zero attached hydrogens (tertiary/aromatic N) is 2. The number of aryl methyl sites for hydroxylation is 1. The summed E-state index contributed by atoms with van der Waals surface area (Å²) in [5, 5.41) is 3.04. The average molecular weight is 366 g/mol. The molecule has 2 aromatic carbocycles. The van der Waals surface area contributed by atoms with Gasteiger partial charge in [0.2, 0.25) is 5.91 Å². The Balaban J connectivity index is 1.55. The molecule has 0 saturated carbocycles. The largest absolute Gasteiger partial charge is 0.497 e. The first-order chi connectivity index (χ1) is 13.1. The van der Waals surface area contributed by atoms with Gasteiger partial charge in [0.05, 0.1) is 24.2 Å². The van der Waals surface area contributed by atoms with E-state index >= 15 is 0 Å². The number of ether oxygens (including phenoxy) is 1. The lowest BCUT2D eigenvalue weighted by atomic mass is 10.1. The number of carbonyl (C=O) groups excluding carboxylic acids is 1. The minimum absolute atomic E-state index is 0.0187. The number of likely N-dealkylation sites (N-methyl/N-ethyl adjacent to an activating group) is 1. The third kappa shape index (κ3) is 4.86. The van der Waals surface area contributed by atoms with Gasteiger partial charge in [-0.25, -0.2) is 4.98 Å². The summed E-state index contributed by atoms with van der Waals surface area (Å²) >= 11 is 0. The second-order valence-corrected chi connectivity index (χ2v) is 6.76. The van der Waals surface area contributed by atoms with E-state index in [1.165, 1.54) is 0 Å². The molecule has 1 unspecified atom stereocenters. The van der Waals surface area contributed by atoms with E-state index in [1.807, 2.05) is 62.6 Å². The minimum Gasteiger partial charge on any atom is -0.497 e. The lowest BCUT2D eigenvalue weighted by Crippen LogP contribution is -2.34. The fourth-order valence-corrected chi connectivity index (χ4v) is 3.10. The van der Waals surface area contributed by atoms with Crippen LogP contribution in [0.5, 0.6) is 5.75 Å². The molecule has 0 bridgehead atoms. The molecule has 0 radical (unpaired) electrons. The summed E-state index contributed by atoms with van der Waals surface area (Å²) in [6.45, 7) is 0.541. The zero-order valence-electron chi connectivity index (χ0n) is 16.0. The summed E-state index contributed by atoms with van der Waals surface area (Å²) in [6, 6.07) is 15.9. The second kappa shape index (κ2) is 8.68. The van der Waals surface area contributed by atoms with Gasteiger partial charge in [-0.1, -0.05) is 24.3 Å². The highest BCUT2D eigenvalue weighted by atomic mass is 16.5. The SMILES string of the molecule is COc1cccc(C(CNC(=O)CCc2nc3ccccc3[nH]2)N(C)C)c1. The van der Waals surface area contributed by atoms with Crippen molar-refractivity contribution in [1.29, 1.82) is 0 Å². The smallest absolute Gasteiger partial charge is 0.220 e. The highest BCUT2D eigenvalue weighted by Crippen LogP contribution is 2.22. The molecule has 0 spiro atoms. The number of aromatic nitrogens is 2. The Kier molecular flexibility index (Phi) is 6.08. The molecule has 0 aliphatic carbocycles. The first-order valence-corrected chi connectivity index (χ1v) is 9.07. The van der Waals surface area contributed by atoms with Crippen molar-refractivity contribution < 1.29 is 9.53 Å². The van der Waals surface area contributed by atoms with Gasteiger partial charge in [0.1, 0.15) is 11.6 Å². The van der Waals surface area contributed by atoms with Gasteiger partial charge in [-0.3, -0.25) is 4.79 Å². The van der Waals surface area contributed by atoms with Gasteiger partial charge in [0.25, 0.3) is 0 Å². The molecular weight excluding hydrogens is 340 g/mol. The first kappa shape index (κ1) is 18.9. The highest BCUT2D eigenvalue weighted by molar-refractivity contribution is 5.77. The lowest BCUT2D eigenvalue weighted by Gasteiger charge is -2.25. The summed E-state index contributed by atoms with van der Waals surface area (Å²) in [4.78, 5) is 22.2. The Hall–Kier alpha value is -2.86. The maximum Gasteiger partial charge on any atom is 0.220 e. The van der Waals surface area contributed by atoms with Gasteiger partial charge in [-0.15, -0.1) is 0 Å². The number of rotatable bonds is 8. The van der Waals surface area contributed by atoms with Crippen LogP contribution in [0.1, 0.15) is 23.9 Å². The summed E-state index contributed by atoms with van der Waals surface area (Å²) in [7, 11) is 5.67. The molecule has 27 heavy (non-hydrogen) atoms. The van der Waals surface area contributed by atoms with E-state index in [0.29, 0.717) is 19.4 Å². The molecule has 0 saturated heterocycles. The molecule has 0 fully saturated rings. The maximum atomic E-state index is 12.3. The quantitative estimate of drug-likeness (QED) is 0.643. The first-order valence-electron chi connectivity index (χ1n) is 9.07. The molecule has 6 nitrogen and oxygen atoms in total. The van der Waals surface area contributed by atoms with Crippen LogP contribution in [0.3, 0.4) is 0 Å². The highest BCUT2D eigenvalue weighted by Gasteiger charge is 2.16. The second-order valence-electron chi connectivity index (χ2n) is 6.76. The van der Waals surface area contributed by atoms with Crippen LogP contribution in [0.4, 0.5) is 0 Å². The topological polar surface area (TPSA) is 70.2 Å². The number of H-pyrrole nitrogens is 1. The van der Waals surface area contributed by atoms with Gasteiger partial charge < -0.3 is 19.9 Å². The molecule has 2 N–H and O–H groups in total. The molecule has 1 heterocycles. The van der Waals surface area contributed by atoms with Crippen LogP contribution >= 0.6 is 0 Å². The standard InChI is InChI=1S/C21H26N4O2/c1-25(2)19(15-7-6-8-16(13-15)27-3)14-22-21(26)12-11-20-23-17-9-4-5-10-18(17)24-20/h4-10,13,19H,11-12,14H2,1-3H3,(H,22,26)(H,23,24). The number of fused-ring (bicyclic) bond motifs is 1. The van der Waals surface area contributed by atoms with E-state index in [1.54, 1.807) is 7.11 Å². The van der Waals surface area contributed by atoms with E-state index in [0.717, 1.165) is 28.2 Å². The number of carbonyl (C=O) groups is 1. The normalized spacial score (nSPS) is 12.3. The third-order valence-electron chi connectivity index (χ3n) is 4.62. The number of para-hydroxylation sites is 2. The molecule has 3 aromatic rings. The fourth-order valence-electron chi connectivity index (χ4n) is 3.10. The monoisotopic (exact) mass is 366 g/mol. The van der Waals surface area contributed by atoms with Crippen molar-refractivity contribution in [1.82, 2.24) is 20.2 Å². The lowest BCUT2D eigenvalue weighted by molar-refractivity contribution is -0.121. The van der Waals surface area contributed by atoms with Gasteiger partial charge in [0, 0.05) is 19.4 Å². The number of aromatic amines is 1. The number of hydrogen-bond donors (Lipinski definition) is 2. The van der Waals surface area contributed by atoms with Gasteiger partial charge in [-0.05, 0) is 43.9 Å². The van der Waals surface area contributed by atoms with Gasteiger partial charge in [-0.2, -0.15) is 0 Å². The fraction of sp³-hybridized carbons (Fsp3) is 0.333. The van der Waals surface area contributed by atoms with Crippen LogP contribution in [0.2, 0.25) is 0 Å². The number of methoxy groups -OCH3 is 1. The van der Waals surface area contributed by atoms with Gasteiger partial charge in [0.15, 0.2) is 0 Å². The molecule has 1 amide bonds. The van der Waals surface area contributed by atoms with Crippen molar-refractivity contribution in [2.24, 2.45) is 0 Å². The molecule has 6 heteroatoms. The Morgan fingerprint density at radius 3 is 2.78 bits per heavy atom. The Morgan fingerprint density at radius 2 is 2.04 bits per heavy atom. The van der Waals surface area contributed by atoms with Crippen LogP contribution in [0, 0.1) is 0 Å². The predicted molar refractivity (Wildman–Crippen MR) is 107 cm³/mol. The van der Waals surface area contributed by atoms with Crippen molar-refractivity contribution in [2.45, 2.75) is 18.9 Å². The van der Waals surface area contributed by atoms with Crippen LogP contribution in [-0.4, -0.2) is 48.5 Å². The maximum absolute atomic E-state index is 12.3. The zero-order chi connectivity index (χ0) is 19.2. The van der Waals surface area contributed by atoms with E-state index in [9.17, 15) is 4.79 Å². The molecule has 1 atom stereocenters. The molecule has 142 valence electrons. The zero-order valence-corrected chi connectivity index (χ0v) is 16.0. The Bertz CT molecular complexity index is 871. The molecular formula is C21H26N4O2. The number of benzene rings is 2. The summed E-state index contributed by atoms with van der Waals surface area (Å²) in [5.74, 6) is 1.67. The van der Waals surface area contributed by atoms with Crippen molar-refractivity contribution in [3.63, 3.8) is 0 Å². The summed E-state index contributed by atoms with van der Waals surface area (Å²) in [5.41, 5.74) is 3.04. The summed E-state index contributed by atoms with van der Waals surface area (Å²) < 4.78 is 5.31. The van der Waals surface area contributed by atoms with Gasteiger partial charge >= 0.3 is 0 Å². The Labute approximate surface area is 159 Å².